The molecule has 0 aliphatic rings. The Bertz CT molecular complexity index is 112. The van der Waals surface area contributed by atoms with Gasteiger partial charge in [0.05, 0.1) is 0 Å². The number of hydrogen-bond acceptors (Lipinski definition) is 1. The van der Waals surface area contributed by atoms with Crippen LogP contribution in [0.15, 0.2) is 12.2 Å². The van der Waals surface area contributed by atoms with Gasteiger partial charge in [-0.05, 0) is 19.0 Å². The Morgan fingerprint density at radius 1 is 1.70 bits per heavy atom. The maximum absolute atomic E-state index is 5.81. The Hall–Kier alpha value is 0.130. The second-order valence-electron chi connectivity index (χ2n) is 2.80. The van der Waals surface area contributed by atoms with Crippen LogP contribution in [0.25, 0.3) is 0 Å². The van der Waals surface area contributed by atoms with Gasteiger partial charge in [0.25, 0.3) is 0 Å². The first-order valence-electron chi connectivity index (χ1n) is 3.75. The molecule has 0 saturated heterocycles. The monoisotopic (exact) mass is 159 g/mol. The second-order valence-corrected chi connectivity index (χ2v) is 4.74. The fourth-order valence-electron chi connectivity index (χ4n) is 0.567. The molecule has 0 aliphatic heterocycles. The van der Waals surface area contributed by atoms with Crippen molar-refractivity contribution >= 4 is 8.58 Å². The molecule has 0 aliphatic carbocycles. The van der Waals surface area contributed by atoms with E-state index in [4.69, 9.17) is 5.73 Å². The van der Waals surface area contributed by atoms with Gasteiger partial charge in [-0.2, -0.15) is 0 Å². The zero-order chi connectivity index (χ0) is 8.15. The van der Waals surface area contributed by atoms with E-state index in [9.17, 15) is 0 Å². The van der Waals surface area contributed by atoms with Crippen LogP contribution >= 0.6 is 8.58 Å². The summed E-state index contributed by atoms with van der Waals surface area (Å²) in [5.74, 6) is 0.231. The summed E-state index contributed by atoms with van der Waals surface area (Å²) in [7, 11) is 0.838. The van der Waals surface area contributed by atoms with Gasteiger partial charge in [0.15, 0.2) is 0 Å². The zero-order valence-electron chi connectivity index (χ0n) is 7.15. The van der Waals surface area contributed by atoms with Gasteiger partial charge in [-0.25, -0.2) is 0 Å². The maximum atomic E-state index is 5.81. The van der Waals surface area contributed by atoms with E-state index in [1.54, 1.807) is 0 Å². The van der Waals surface area contributed by atoms with Crippen LogP contribution in [0.2, 0.25) is 0 Å². The minimum Gasteiger partial charge on any atom is -0.321 e. The number of nitrogens with two attached hydrogens (primary N) is 1. The van der Waals surface area contributed by atoms with E-state index in [2.05, 4.69) is 20.4 Å². The third-order valence-corrected chi connectivity index (χ3v) is 3.44. The largest absolute Gasteiger partial charge is 0.321 e. The lowest BCUT2D eigenvalue weighted by Gasteiger charge is -2.15. The third-order valence-electron chi connectivity index (χ3n) is 1.61. The molecule has 0 bridgehead atoms. The van der Waals surface area contributed by atoms with Crippen molar-refractivity contribution in [2.75, 3.05) is 0 Å². The molecule has 0 radical (unpaired) electrons. The summed E-state index contributed by atoms with van der Waals surface area (Å²) in [5, 5.41) is 0. The van der Waals surface area contributed by atoms with Crippen LogP contribution in [0, 0.1) is 0 Å². The van der Waals surface area contributed by atoms with E-state index in [1.165, 1.54) is 6.42 Å². The molecule has 0 spiro atoms. The Morgan fingerprint density at radius 2 is 2.20 bits per heavy atom. The normalized spacial score (nSPS) is 17.6. The molecular weight excluding hydrogens is 141 g/mol. The minimum atomic E-state index is 0.231. The van der Waals surface area contributed by atoms with Crippen LogP contribution in [0.4, 0.5) is 0 Å². The van der Waals surface area contributed by atoms with Crippen molar-refractivity contribution in [3.8, 4) is 0 Å². The van der Waals surface area contributed by atoms with Crippen molar-refractivity contribution in [3.05, 3.63) is 12.2 Å². The Labute approximate surface area is 65.9 Å². The van der Waals surface area contributed by atoms with E-state index in [-0.39, 0.29) is 5.78 Å². The first-order valence-corrected chi connectivity index (χ1v) is 4.90. The lowest BCUT2D eigenvalue weighted by Crippen LogP contribution is -2.17. The second kappa shape index (κ2) is 4.87. The van der Waals surface area contributed by atoms with E-state index in [0.29, 0.717) is 0 Å². The first-order chi connectivity index (χ1) is 4.57. The minimum absolute atomic E-state index is 0.231. The van der Waals surface area contributed by atoms with Crippen LogP contribution in [-0.2, 0) is 0 Å². The van der Waals surface area contributed by atoms with Crippen molar-refractivity contribution in [3.63, 3.8) is 0 Å². The Balaban J connectivity index is 3.56. The molecule has 0 amide bonds. The smallest absolute Gasteiger partial charge is 0.0424 e. The SMILES string of the molecule is C=C(C)C(N)PC(C)CC. The van der Waals surface area contributed by atoms with Gasteiger partial charge in [-0.15, -0.1) is 0 Å². The summed E-state index contributed by atoms with van der Waals surface area (Å²) in [6.07, 6.45) is 1.22. The molecule has 3 atom stereocenters. The van der Waals surface area contributed by atoms with Gasteiger partial charge in [0.2, 0.25) is 0 Å². The molecule has 0 rings (SSSR count). The van der Waals surface area contributed by atoms with E-state index in [0.717, 1.165) is 19.8 Å². The highest BCUT2D eigenvalue weighted by Crippen LogP contribution is 2.27. The fraction of sp³-hybridized carbons (Fsp3) is 0.750. The highest BCUT2D eigenvalue weighted by molar-refractivity contribution is 7.40. The highest BCUT2D eigenvalue weighted by atomic mass is 31.1. The summed E-state index contributed by atoms with van der Waals surface area (Å²) in [4.78, 5) is 0. The predicted octanol–water partition coefficient (Wildman–Crippen LogP) is 2.32. The Kier molecular flexibility index (Phi) is 4.93. The molecular formula is C8H18NP. The van der Waals surface area contributed by atoms with Gasteiger partial charge in [-0.1, -0.05) is 34.6 Å². The third kappa shape index (κ3) is 4.03. The van der Waals surface area contributed by atoms with Crippen LogP contribution in [-0.4, -0.2) is 11.4 Å². The summed E-state index contributed by atoms with van der Waals surface area (Å²) in [6.45, 7) is 10.3. The zero-order valence-corrected chi connectivity index (χ0v) is 8.15. The maximum Gasteiger partial charge on any atom is 0.0424 e. The van der Waals surface area contributed by atoms with Crippen LogP contribution in [0.5, 0.6) is 0 Å². The topological polar surface area (TPSA) is 26.0 Å². The van der Waals surface area contributed by atoms with Crippen molar-refractivity contribution in [2.45, 2.75) is 38.6 Å². The Morgan fingerprint density at radius 3 is 2.50 bits per heavy atom. The van der Waals surface area contributed by atoms with Crippen LogP contribution in [0.3, 0.4) is 0 Å². The van der Waals surface area contributed by atoms with E-state index >= 15 is 0 Å². The first kappa shape index (κ1) is 10.1. The van der Waals surface area contributed by atoms with Crippen molar-refractivity contribution in [2.24, 2.45) is 5.73 Å². The van der Waals surface area contributed by atoms with Crippen molar-refractivity contribution < 1.29 is 0 Å². The number of hydrogen-bond donors (Lipinski definition) is 1. The van der Waals surface area contributed by atoms with Crippen molar-refractivity contribution in [1.29, 1.82) is 0 Å². The van der Waals surface area contributed by atoms with E-state index in [1.807, 2.05) is 6.92 Å². The molecule has 0 heterocycles. The van der Waals surface area contributed by atoms with Gasteiger partial charge >= 0.3 is 0 Å². The van der Waals surface area contributed by atoms with E-state index < -0.39 is 0 Å². The lowest BCUT2D eigenvalue weighted by atomic mass is 10.3. The molecule has 1 nitrogen and oxygen atoms in total. The summed E-state index contributed by atoms with van der Waals surface area (Å²) in [5.41, 5.74) is 7.67. The van der Waals surface area contributed by atoms with Gasteiger partial charge in [0, 0.05) is 5.78 Å². The molecule has 0 aromatic rings. The average Bonchev–Trinajstić information content (AvgIpc) is 1.87. The highest BCUT2D eigenvalue weighted by Gasteiger charge is 2.06. The standard InChI is InChI=1S/C8H18NP/c1-5-7(4)10-8(9)6(2)3/h7-8,10H,2,5,9H2,1,3-4H3. The molecule has 2 heteroatoms. The summed E-state index contributed by atoms with van der Waals surface area (Å²) in [6, 6.07) is 0. The number of rotatable bonds is 4. The fourth-order valence-corrected chi connectivity index (χ4v) is 1.70. The summed E-state index contributed by atoms with van der Waals surface area (Å²) < 4.78 is 0. The van der Waals surface area contributed by atoms with Crippen molar-refractivity contribution in [1.82, 2.24) is 0 Å². The molecule has 0 fully saturated rings. The van der Waals surface area contributed by atoms with Crippen LogP contribution in [0.1, 0.15) is 27.2 Å². The predicted molar refractivity (Wildman–Crippen MR) is 50.9 cm³/mol. The molecule has 10 heavy (non-hydrogen) atoms. The average molecular weight is 159 g/mol. The molecule has 0 aromatic heterocycles. The van der Waals surface area contributed by atoms with Gasteiger partial charge < -0.3 is 5.73 Å². The molecule has 3 unspecified atom stereocenters. The lowest BCUT2D eigenvalue weighted by molar-refractivity contribution is 0.884. The quantitative estimate of drug-likeness (QED) is 0.494. The molecule has 2 N–H and O–H groups in total. The molecule has 0 saturated carbocycles. The van der Waals surface area contributed by atoms with Gasteiger partial charge in [0.1, 0.15) is 0 Å². The molecule has 0 aromatic carbocycles. The van der Waals surface area contributed by atoms with Gasteiger partial charge in [-0.3, -0.25) is 0 Å². The molecule has 60 valence electrons. The van der Waals surface area contributed by atoms with Crippen LogP contribution < -0.4 is 5.73 Å². The summed E-state index contributed by atoms with van der Waals surface area (Å²) >= 11 is 0.